The number of aromatic nitrogens is 2. The second kappa shape index (κ2) is 4.27. The molecule has 1 aromatic heterocycles. The summed E-state index contributed by atoms with van der Waals surface area (Å²) in [6.07, 6.45) is 2.04. The van der Waals surface area contributed by atoms with Crippen LogP contribution in [0.3, 0.4) is 0 Å². The molecule has 0 N–H and O–H groups in total. The second-order valence-electron chi connectivity index (χ2n) is 3.25. The molecular weight excluding hydrogens is 172 g/mol. The second-order valence-corrected chi connectivity index (χ2v) is 3.25. The van der Waals surface area contributed by atoms with Crippen molar-refractivity contribution in [3.8, 4) is 0 Å². The average molecular weight is 190 g/mol. The maximum Gasteiger partial charge on any atom is 0.0954 e. The highest BCUT2D eigenvalue weighted by Gasteiger charge is 2.02. The smallest absolute Gasteiger partial charge is 0.0954 e. The van der Waals surface area contributed by atoms with Crippen LogP contribution < -0.4 is 0 Å². The molecule has 1 aromatic carbocycles. The van der Waals surface area contributed by atoms with Crippen molar-refractivity contribution in [2.24, 2.45) is 7.05 Å². The van der Waals surface area contributed by atoms with Gasteiger partial charge in [0.2, 0.25) is 0 Å². The maximum atomic E-state index is 4.39. The molecule has 0 spiro atoms. The fraction of sp³-hybridized carbons (Fsp3) is 0.417. The van der Waals surface area contributed by atoms with E-state index in [0.29, 0.717) is 0 Å². The van der Waals surface area contributed by atoms with Gasteiger partial charge < -0.3 is 0 Å². The van der Waals surface area contributed by atoms with Crippen molar-refractivity contribution < 1.29 is 0 Å². The highest BCUT2D eigenvalue weighted by atomic mass is 15.2. The van der Waals surface area contributed by atoms with Crippen molar-refractivity contribution in [2.75, 3.05) is 0 Å². The van der Waals surface area contributed by atoms with Gasteiger partial charge in [-0.25, -0.2) is 0 Å². The number of hydrogen-bond donors (Lipinski definition) is 0. The molecular formula is C12H18N2. The molecule has 0 bridgehead atoms. The standard InChI is InChI=1S/C10H12N2.C2H6/c1-7-4-5-9-6-12(3)11-10(9)8(7)2;1-2/h4-6H,1-3H3;1-2H3. The fourth-order valence-corrected chi connectivity index (χ4v) is 1.45. The predicted octanol–water partition coefficient (Wildman–Crippen LogP) is 3.22. The lowest BCUT2D eigenvalue weighted by Gasteiger charge is -1.97. The van der Waals surface area contributed by atoms with Gasteiger partial charge in [0.25, 0.3) is 0 Å². The fourth-order valence-electron chi connectivity index (χ4n) is 1.45. The molecule has 0 aliphatic rings. The Hall–Kier alpha value is -1.31. The quantitative estimate of drug-likeness (QED) is 0.623. The lowest BCUT2D eigenvalue weighted by Crippen LogP contribution is -1.87. The number of hydrogen-bond acceptors (Lipinski definition) is 1. The Morgan fingerprint density at radius 1 is 1.14 bits per heavy atom. The van der Waals surface area contributed by atoms with E-state index in [1.807, 2.05) is 31.8 Å². The van der Waals surface area contributed by atoms with Crippen LogP contribution >= 0.6 is 0 Å². The Morgan fingerprint density at radius 3 is 2.43 bits per heavy atom. The molecule has 0 aliphatic heterocycles. The first-order chi connectivity index (χ1) is 6.68. The molecule has 14 heavy (non-hydrogen) atoms. The largest absolute Gasteiger partial charge is 0.275 e. The molecule has 0 unspecified atom stereocenters. The van der Waals surface area contributed by atoms with E-state index in [1.165, 1.54) is 16.5 Å². The zero-order chi connectivity index (χ0) is 10.7. The van der Waals surface area contributed by atoms with Crippen molar-refractivity contribution >= 4 is 10.9 Å². The Balaban J connectivity index is 0.000000461. The van der Waals surface area contributed by atoms with Crippen LogP contribution in [0.2, 0.25) is 0 Å². The Morgan fingerprint density at radius 2 is 1.79 bits per heavy atom. The molecule has 0 amide bonds. The highest BCUT2D eigenvalue weighted by molar-refractivity contribution is 5.82. The lowest BCUT2D eigenvalue weighted by atomic mass is 10.1. The Labute approximate surface area is 85.6 Å². The van der Waals surface area contributed by atoms with E-state index in [2.05, 4.69) is 31.1 Å². The topological polar surface area (TPSA) is 17.8 Å². The van der Waals surface area contributed by atoms with Gasteiger partial charge in [0.1, 0.15) is 0 Å². The van der Waals surface area contributed by atoms with Crippen LogP contribution in [0.4, 0.5) is 0 Å². The van der Waals surface area contributed by atoms with Gasteiger partial charge in [-0.15, -0.1) is 0 Å². The first-order valence-corrected chi connectivity index (χ1v) is 5.08. The molecule has 0 radical (unpaired) electrons. The molecule has 0 fully saturated rings. The van der Waals surface area contributed by atoms with Gasteiger partial charge in [-0.2, -0.15) is 5.10 Å². The molecule has 76 valence electrons. The summed E-state index contributed by atoms with van der Waals surface area (Å²) in [5.41, 5.74) is 3.71. The summed E-state index contributed by atoms with van der Waals surface area (Å²) >= 11 is 0. The molecule has 0 aliphatic carbocycles. The molecule has 2 nitrogen and oxygen atoms in total. The minimum absolute atomic E-state index is 1.12. The minimum atomic E-state index is 1.12. The molecule has 0 saturated carbocycles. The molecule has 0 saturated heterocycles. The first kappa shape index (κ1) is 10.8. The Kier molecular flexibility index (Phi) is 3.28. The van der Waals surface area contributed by atoms with Gasteiger partial charge >= 0.3 is 0 Å². The van der Waals surface area contributed by atoms with Crippen LogP contribution in [0.5, 0.6) is 0 Å². The van der Waals surface area contributed by atoms with Crippen LogP contribution in [0.1, 0.15) is 25.0 Å². The third-order valence-corrected chi connectivity index (χ3v) is 2.32. The zero-order valence-corrected chi connectivity index (χ0v) is 9.63. The van der Waals surface area contributed by atoms with Crippen LogP contribution in [0.15, 0.2) is 18.3 Å². The van der Waals surface area contributed by atoms with E-state index in [1.54, 1.807) is 0 Å². The number of benzene rings is 1. The van der Waals surface area contributed by atoms with E-state index in [-0.39, 0.29) is 0 Å². The highest BCUT2D eigenvalue weighted by Crippen LogP contribution is 2.18. The zero-order valence-electron chi connectivity index (χ0n) is 9.63. The van der Waals surface area contributed by atoms with Gasteiger partial charge in [-0.3, -0.25) is 4.68 Å². The molecule has 0 atom stereocenters. The summed E-state index contributed by atoms with van der Waals surface area (Å²) in [5.74, 6) is 0. The van der Waals surface area contributed by atoms with E-state index >= 15 is 0 Å². The molecule has 2 rings (SSSR count). The van der Waals surface area contributed by atoms with E-state index < -0.39 is 0 Å². The van der Waals surface area contributed by atoms with Crippen LogP contribution in [0.25, 0.3) is 10.9 Å². The summed E-state index contributed by atoms with van der Waals surface area (Å²) in [4.78, 5) is 0. The summed E-state index contributed by atoms with van der Waals surface area (Å²) in [6.45, 7) is 8.23. The van der Waals surface area contributed by atoms with Gasteiger partial charge in [-0.05, 0) is 25.0 Å². The molecule has 2 heteroatoms. The first-order valence-electron chi connectivity index (χ1n) is 5.08. The van der Waals surface area contributed by atoms with Crippen LogP contribution in [-0.4, -0.2) is 9.78 Å². The number of fused-ring (bicyclic) bond motifs is 1. The average Bonchev–Trinajstić information content (AvgIpc) is 2.57. The maximum absolute atomic E-state index is 4.39. The summed E-state index contributed by atoms with van der Waals surface area (Å²) < 4.78 is 1.86. The van der Waals surface area contributed by atoms with Crippen molar-refractivity contribution in [1.29, 1.82) is 0 Å². The Bertz CT molecular complexity index is 427. The summed E-state index contributed by atoms with van der Waals surface area (Å²) in [7, 11) is 1.95. The van der Waals surface area contributed by atoms with Gasteiger partial charge in [-0.1, -0.05) is 26.0 Å². The monoisotopic (exact) mass is 190 g/mol. The summed E-state index contributed by atoms with van der Waals surface area (Å²) in [5, 5.41) is 5.61. The number of nitrogens with zero attached hydrogens (tertiary/aromatic N) is 2. The minimum Gasteiger partial charge on any atom is -0.275 e. The van der Waals surface area contributed by atoms with Crippen LogP contribution in [-0.2, 0) is 7.05 Å². The summed E-state index contributed by atoms with van der Waals surface area (Å²) in [6, 6.07) is 4.25. The molecule has 1 heterocycles. The third kappa shape index (κ3) is 1.79. The lowest BCUT2D eigenvalue weighted by molar-refractivity contribution is 0.779. The predicted molar refractivity (Wildman–Crippen MR) is 61.5 cm³/mol. The van der Waals surface area contributed by atoms with Crippen molar-refractivity contribution in [2.45, 2.75) is 27.7 Å². The van der Waals surface area contributed by atoms with E-state index in [0.717, 1.165) is 5.52 Å². The van der Waals surface area contributed by atoms with Crippen molar-refractivity contribution in [3.05, 3.63) is 29.5 Å². The van der Waals surface area contributed by atoms with Gasteiger partial charge in [0, 0.05) is 18.6 Å². The third-order valence-electron chi connectivity index (χ3n) is 2.32. The van der Waals surface area contributed by atoms with Crippen LogP contribution in [0, 0.1) is 13.8 Å². The van der Waals surface area contributed by atoms with E-state index in [9.17, 15) is 0 Å². The van der Waals surface area contributed by atoms with Crippen molar-refractivity contribution in [1.82, 2.24) is 9.78 Å². The number of rotatable bonds is 0. The molecule has 2 aromatic rings. The SMILES string of the molecule is CC.Cc1ccc2cn(C)nc2c1C. The number of aryl methyl sites for hydroxylation is 3. The van der Waals surface area contributed by atoms with E-state index in [4.69, 9.17) is 0 Å². The normalized spacial score (nSPS) is 9.79. The van der Waals surface area contributed by atoms with Gasteiger partial charge in [0.15, 0.2) is 0 Å². The van der Waals surface area contributed by atoms with Gasteiger partial charge in [0.05, 0.1) is 5.52 Å². The van der Waals surface area contributed by atoms with Crippen molar-refractivity contribution in [3.63, 3.8) is 0 Å².